The van der Waals surface area contributed by atoms with E-state index in [2.05, 4.69) is 41.2 Å². The van der Waals surface area contributed by atoms with Crippen LogP contribution in [0.3, 0.4) is 0 Å². The number of aromatic amines is 1. The van der Waals surface area contributed by atoms with Crippen molar-refractivity contribution in [3.8, 4) is 5.75 Å². The number of hydrogen-bond donors (Lipinski definition) is 1. The van der Waals surface area contributed by atoms with Crippen molar-refractivity contribution in [3.63, 3.8) is 0 Å². The molecule has 164 valence electrons. The Balaban J connectivity index is 1.30. The number of amides is 1. The Morgan fingerprint density at radius 1 is 1.35 bits per heavy atom. The van der Waals surface area contributed by atoms with E-state index in [1.54, 1.807) is 5.51 Å². The molecule has 1 fully saturated rings. The van der Waals surface area contributed by atoms with Crippen molar-refractivity contribution in [1.82, 2.24) is 20.1 Å². The normalized spacial score (nSPS) is 16.6. The first-order valence-electron chi connectivity index (χ1n) is 10.6. The van der Waals surface area contributed by atoms with Gasteiger partial charge in [-0.15, -0.1) is 11.3 Å². The third-order valence-electron chi connectivity index (χ3n) is 5.46. The van der Waals surface area contributed by atoms with Gasteiger partial charge in [-0.1, -0.05) is 26.0 Å². The van der Waals surface area contributed by atoms with Crippen molar-refractivity contribution < 1.29 is 14.3 Å². The highest BCUT2D eigenvalue weighted by atomic mass is 32.1. The maximum absolute atomic E-state index is 12.8. The number of carbonyl (C=O) groups excluding carboxylic acids is 1. The van der Waals surface area contributed by atoms with Crippen LogP contribution in [0.25, 0.3) is 0 Å². The summed E-state index contributed by atoms with van der Waals surface area (Å²) in [4.78, 5) is 19.5. The van der Waals surface area contributed by atoms with E-state index in [0.29, 0.717) is 43.5 Å². The summed E-state index contributed by atoms with van der Waals surface area (Å²) in [5, 5.41) is 7.49. The van der Waals surface area contributed by atoms with Crippen molar-refractivity contribution in [2.75, 3.05) is 26.3 Å². The average Bonchev–Trinajstić information content (AvgIpc) is 3.43. The van der Waals surface area contributed by atoms with Crippen molar-refractivity contribution in [2.45, 2.75) is 39.2 Å². The van der Waals surface area contributed by atoms with Gasteiger partial charge in [-0.05, 0) is 36.6 Å². The smallest absolute Gasteiger partial charge is 0.266 e. The van der Waals surface area contributed by atoms with E-state index in [0.717, 1.165) is 22.8 Å². The monoisotopic (exact) mass is 440 g/mol. The summed E-state index contributed by atoms with van der Waals surface area (Å²) in [5.41, 5.74) is 5.59. The molecule has 0 radical (unpaired) electrons. The fraction of sp³-hybridized carbons (Fsp3) is 0.435. The molecule has 1 aliphatic heterocycles. The van der Waals surface area contributed by atoms with Crippen LogP contribution in [0.4, 0.5) is 0 Å². The molecule has 4 rings (SSSR count). The number of aromatic nitrogens is 3. The lowest BCUT2D eigenvalue weighted by Gasteiger charge is -2.31. The first-order chi connectivity index (χ1) is 15.0. The van der Waals surface area contributed by atoms with Crippen LogP contribution in [-0.4, -0.2) is 52.3 Å². The highest BCUT2D eigenvalue weighted by Crippen LogP contribution is 2.24. The maximum atomic E-state index is 12.8. The van der Waals surface area contributed by atoms with Crippen LogP contribution in [0.15, 0.2) is 35.8 Å². The van der Waals surface area contributed by atoms with E-state index in [1.165, 1.54) is 16.9 Å². The van der Waals surface area contributed by atoms with Gasteiger partial charge < -0.3 is 14.4 Å². The Morgan fingerprint density at radius 3 is 2.87 bits per heavy atom. The summed E-state index contributed by atoms with van der Waals surface area (Å²) in [5.74, 6) is 1.39. The molecule has 1 aromatic carbocycles. The molecule has 1 amide bonds. The van der Waals surface area contributed by atoms with E-state index in [9.17, 15) is 4.79 Å². The summed E-state index contributed by atoms with van der Waals surface area (Å²) in [6, 6.07) is 10.2. The van der Waals surface area contributed by atoms with Gasteiger partial charge in [-0.3, -0.25) is 9.89 Å². The molecule has 0 aliphatic carbocycles. The molecule has 1 N–H and O–H groups in total. The van der Waals surface area contributed by atoms with Gasteiger partial charge in [0, 0.05) is 18.7 Å². The van der Waals surface area contributed by atoms with E-state index < -0.39 is 0 Å². The third kappa shape index (κ3) is 5.14. The minimum atomic E-state index is -0.236. The molecule has 3 aromatic rings. The number of aryl methyl sites for hydroxylation is 1. The minimum absolute atomic E-state index is 0.0148. The van der Waals surface area contributed by atoms with Gasteiger partial charge in [0.25, 0.3) is 5.91 Å². The molecule has 1 saturated heterocycles. The lowest BCUT2D eigenvalue weighted by atomic mass is 10.0. The van der Waals surface area contributed by atoms with Crippen LogP contribution in [0.5, 0.6) is 5.75 Å². The SMILES string of the molecule is Cc1ncsc1C(=O)N1CCO[C@@H](c2cc(CCOc3ccc(C(C)C)cc3)[nH]n2)C1. The second-order valence-electron chi connectivity index (χ2n) is 8.02. The Kier molecular flexibility index (Phi) is 6.67. The van der Waals surface area contributed by atoms with Crippen LogP contribution in [0.1, 0.15) is 58.2 Å². The topological polar surface area (TPSA) is 80.3 Å². The zero-order valence-electron chi connectivity index (χ0n) is 18.1. The first-order valence-corrected chi connectivity index (χ1v) is 11.5. The highest BCUT2D eigenvalue weighted by Gasteiger charge is 2.29. The number of hydrogen-bond acceptors (Lipinski definition) is 6. The molecule has 7 nitrogen and oxygen atoms in total. The molecule has 1 aliphatic rings. The summed E-state index contributed by atoms with van der Waals surface area (Å²) < 4.78 is 11.8. The number of nitrogens with zero attached hydrogens (tertiary/aromatic N) is 3. The highest BCUT2D eigenvalue weighted by molar-refractivity contribution is 7.11. The van der Waals surface area contributed by atoms with Gasteiger partial charge in [0.15, 0.2) is 0 Å². The van der Waals surface area contributed by atoms with Crippen LogP contribution in [0.2, 0.25) is 0 Å². The summed E-state index contributed by atoms with van der Waals surface area (Å²) in [6.45, 7) is 8.33. The average molecular weight is 441 g/mol. The molecule has 2 aromatic heterocycles. The quantitative estimate of drug-likeness (QED) is 0.597. The van der Waals surface area contributed by atoms with Crippen LogP contribution < -0.4 is 4.74 Å². The van der Waals surface area contributed by atoms with Gasteiger partial charge in [-0.25, -0.2) is 4.98 Å². The molecular weight excluding hydrogens is 412 g/mol. The predicted molar refractivity (Wildman–Crippen MR) is 120 cm³/mol. The second-order valence-corrected chi connectivity index (χ2v) is 8.87. The molecule has 8 heteroatoms. The number of benzene rings is 1. The van der Waals surface area contributed by atoms with Crippen molar-refractivity contribution >= 4 is 17.2 Å². The third-order valence-corrected chi connectivity index (χ3v) is 6.38. The molecule has 1 atom stereocenters. The zero-order chi connectivity index (χ0) is 21.8. The zero-order valence-corrected chi connectivity index (χ0v) is 18.9. The standard InChI is InChI=1S/C23H28N4O3S/c1-15(2)17-4-6-19(7-5-17)29-10-8-18-12-20(26-25-18)21-13-27(9-11-30-21)23(28)22-16(3)24-14-31-22/h4-7,12,14-15,21H,8-11,13H2,1-3H3,(H,25,26)/t21-/m1/s1. The van der Waals surface area contributed by atoms with Crippen molar-refractivity contribution in [2.24, 2.45) is 0 Å². The van der Waals surface area contributed by atoms with Crippen LogP contribution >= 0.6 is 11.3 Å². The molecule has 0 saturated carbocycles. The van der Waals surface area contributed by atoms with Gasteiger partial charge in [0.1, 0.15) is 16.7 Å². The summed E-state index contributed by atoms with van der Waals surface area (Å²) in [6.07, 6.45) is 0.481. The van der Waals surface area contributed by atoms with Gasteiger partial charge in [0.05, 0.1) is 36.7 Å². The Morgan fingerprint density at radius 2 is 2.16 bits per heavy atom. The molecule has 31 heavy (non-hydrogen) atoms. The van der Waals surface area contributed by atoms with Gasteiger partial charge >= 0.3 is 0 Å². The van der Waals surface area contributed by atoms with E-state index in [4.69, 9.17) is 9.47 Å². The Labute approximate surface area is 186 Å². The Bertz CT molecular complexity index is 1010. The fourth-order valence-electron chi connectivity index (χ4n) is 3.56. The fourth-order valence-corrected chi connectivity index (χ4v) is 4.33. The Hall–Kier alpha value is -2.71. The number of rotatable bonds is 7. The number of morpholine rings is 1. The number of ether oxygens (including phenoxy) is 2. The van der Waals surface area contributed by atoms with Crippen molar-refractivity contribution in [1.29, 1.82) is 0 Å². The van der Waals surface area contributed by atoms with Crippen molar-refractivity contribution in [3.05, 3.63) is 63.4 Å². The molecule has 3 heterocycles. The number of thiazole rings is 1. The summed E-state index contributed by atoms with van der Waals surface area (Å²) >= 11 is 1.38. The minimum Gasteiger partial charge on any atom is -0.493 e. The molecule has 0 spiro atoms. The van der Waals surface area contributed by atoms with Crippen LogP contribution in [0, 0.1) is 6.92 Å². The van der Waals surface area contributed by atoms with Gasteiger partial charge in [-0.2, -0.15) is 5.10 Å². The lowest BCUT2D eigenvalue weighted by Crippen LogP contribution is -2.42. The number of nitrogens with one attached hydrogen (secondary N) is 1. The van der Waals surface area contributed by atoms with Gasteiger partial charge in [0.2, 0.25) is 0 Å². The first kappa shape index (κ1) is 21.5. The maximum Gasteiger partial charge on any atom is 0.266 e. The molecule has 0 unspecified atom stereocenters. The predicted octanol–water partition coefficient (Wildman–Crippen LogP) is 4.13. The summed E-state index contributed by atoms with van der Waals surface area (Å²) in [7, 11) is 0. The number of carbonyl (C=O) groups is 1. The largest absolute Gasteiger partial charge is 0.493 e. The van der Waals surface area contributed by atoms with E-state index in [-0.39, 0.29) is 12.0 Å². The second kappa shape index (κ2) is 9.62. The van der Waals surface area contributed by atoms with E-state index >= 15 is 0 Å². The van der Waals surface area contributed by atoms with Crippen LogP contribution in [-0.2, 0) is 11.2 Å². The molecule has 0 bridgehead atoms. The van der Waals surface area contributed by atoms with E-state index in [1.807, 2.05) is 30.0 Å². The molecular formula is C23H28N4O3S. The lowest BCUT2D eigenvalue weighted by molar-refractivity contribution is -0.0246. The number of H-pyrrole nitrogens is 1.